The predicted octanol–water partition coefficient (Wildman–Crippen LogP) is 3.18. The summed E-state index contributed by atoms with van der Waals surface area (Å²) in [5, 5.41) is 7.27. The van der Waals surface area contributed by atoms with Gasteiger partial charge in [-0.2, -0.15) is 0 Å². The second-order valence-electron chi connectivity index (χ2n) is 6.60. The van der Waals surface area contributed by atoms with Crippen molar-refractivity contribution in [2.24, 2.45) is 17.8 Å². The quantitative estimate of drug-likeness (QED) is 0.817. The fourth-order valence-corrected chi connectivity index (χ4v) is 3.70. The van der Waals surface area contributed by atoms with Crippen LogP contribution in [0.4, 0.5) is 5.69 Å². The summed E-state index contributed by atoms with van der Waals surface area (Å²) < 4.78 is 0. The van der Waals surface area contributed by atoms with Gasteiger partial charge in [-0.1, -0.05) is 18.2 Å². The molecule has 0 amide bonds. The SMILES string of the molecule is c1cc2c(c(CNCC(C3CC3)C3CC3)c1)NCC2. The molecule has 0 spiro atoms. The first-order chi connectivity index (χ1) is 9.42. The summed E-state index contributed by atoms with van der Waals surface area (Å²) in [6, 6.07) is 6.74. The van der Waals surface area contributed by atoms with Crippen LogP contribution in [0.25, 0.3) is 0 Å². The number of nitrogens with one attached hydrogen (secondary N) is 2. The minimum absolute atomic E-state index is 0.977. The third-order valence-corrected chi connectivity index (χ3v) is 5.08. The van der Waals surface area contributed by atoms with Crippen LogP contribution in [-0.4, -0.2) is 13.1 Å². The van der Waals surface area contributed by atoms with E-state index in [9.17, 15) is 0 Å². The Morgan fingerprint density at radius 3 is 2.68 bits per heavy atom. The molecule has 2 N–H and O–H groups in total. The van der Waals surface area contributed by atoms with Gasteiger partial charge in [-0.15, -0.1) is 0 Å². The van der Waals surface area contributed by atoms with Crippen LogP contribution in [0, 0.1) is 17.8 Å². The lowest BCUT2D eigenvalue weighted by atomic mass is 9.98. The van der Waals surface area contributed by atoms with Gasteiger partial charge in [0.15, 0.2) is 0 Å². The maximum absolute atomic E-state index is 3.73. The molecule has 0 aromatic heterocycles. The first-order valence-corrected chi connectivity index (χ1v) is 7.97. The van der Waals surface area contributed by atoms with Crippen LogP contribution in [0.3, 0.4) is 0 Å². The third-order valence-electron chi connectivity index (χ3n) is 5.08. The number of anilines is 1. The molecule has 3 aliphatic rings. The van der Waals surface area contributed by atoms with Gasteiger partial charge in [0, 0.05) is 18.8 Å². The van der Waals surface area contributed by atoms with Gasteiger partial charge in [0.2, 0.25) is 0 Å². The molecule has 1 heterocycles. The highest BCUT2D eigenvalue weighted by Gasteiger charge is 2.40. The van der Waals surface area contributed by atoms with Crippen molar-refractivity contribution in [2.45, 2.75) is 38.6 Å². The van der Waals surface area contributed by atoms with Gasteiger partial charge >= 0.3 is 0 Å². The van der Waals surface area contributed by atoms with Crippen LogP contribution in [-0.2, 0) is 13.0 Å². The van der Waals surface area contributed by atoms with Crippen molar-refractivity contribution in [3.8, 4) is 0 Å². The van der Waals surface area contributed by atoms with Crippen molar-refractivity contribution >= 4 is 5.69 Å². The first kappa shape index (κ1) is 11.8. The highest BCUT2D eigenvalue weighted by molar-refractivity contribution is 5.61. The Hall–Kier alpha value is -1.02. The van der Waals surface area contributed by atoms with E-state index in [1.54, 1.807) is 0 Å². The molecule has 102 valence electrons. The van der Waals surface area contributed by atoms with Gasteiger partial charge in [-0.3, -0.25) is 0 Å². The predicted molar refractivity (Wildman–Crippen MR) is 79.3 cm³/mol. The van der Waals surface area contributed by atoms with Crippen molar-refractivity contribution in [3.05, 3.63) is 29.3 Å². The number of para-hydroxylation sites is 1. The van der Waals surface area contributed by atoms with Crippen LogP contribution in [0.1, 0.15) is 36.8 Å². The van der Waals surface area contributed by atoms with E-state index in [4.69, 9.17) is 0 Å². The molecule has 19 heavy (non-hydrogen) atoms. The molecule has 2 saturated carbocycles. The van der Waals surface area contributed by atoms with E-state index in [-0.39, 0.29) is 0 Å². The van der Waals surface area contributed by atoms with Crippen molar-refractivity contribution in [3.63, 3.8) is 0 Å². The van der Waals surface area contributed by atoms with Crippen LogP contribution in [0.15, 0.2) is 18.2 Å². The summed E-state index contributed by atoms with van der Waals surface area (Å²) in [5.41, 5.74) is 4.37. The van der Waals surface area contributed by atoms with Crippen molar-refractivity contribution < 1.29 is 0 Å². The lowest BCUT2D eigenvalue weighted by Gasteiger charge is -2.17. The Bertz CT molecular complexity index is 448. The fraction of sp³-hybridized carbons (Fsp3) is 0.647. The van der Waals surface area contributed by atoms with Gasteiger partial charge in [-0.05, 0) is 67.5 Å². The fourth-order valence-electron chi connectivity index (χ4n) is 3.70. The molecule has 2 nitrogen and oxygen atoms in total. The highest BCUT2D eigenvalue weighted by atomic mass is 14.9. The summed E-state index contributed by atoms with van der Waals surface area (Å²) in [6.07, 6.45) is 7.16. The van der Waals surface area contributed by atoms with Crippen molar-refractivity contribution in [1.29, 1.82) is 0 Å². The van der Waals surface area contributed by atoms with Crippen LogP contribution < -0.4 is 10.6 Å². The minimum atomic E-state index is 0.977. The normalized spacial score (nSPS) is 21.5. The topological polar surface area (TPSA) is 24.1 Å². The molecule has 0 bridgehead atoms. The van der Waals surface area contributed by atoms with E-state index in [1.807, 2.05) is 0 Å². The molecule has 0 unspecified atom stereocenters. The molecule has 1 aromatic carbocycles. The Balaban J connectivity index is 1.36. The van der Waals surface area contributed by atoms with Gasteiger partial charge in [0.05, 0.1) is 0 Å². The van der Waals surface area contributed by atoms with Crippen molar-refractivity contribution in [1.82, 2.24) is 5.32 Å². The summed E-state index contributed by atoms with van der Waals surface area (Å²) in [7, 11) is 0. The summed E-state index contributed by atoms with van der Waals surface area (Å²) in [5.74, 6) is 3.09. The zero-order valence-electron chi connectivity index (χ0n) is 11.6. The molecule has 2 fully saturated rings. The molecule has 2 aliphatic carbocycles. The van der Waals surface area contributed by atoms with E-state index in [1.165, 1.54) is 55.5 Å². The maximum Gasteiger partial charge on any atom is 0.0419 e. The van der Waals surface area contributed by atoms with Crippen LogP contribution in [0.2, 0.25) is 0 Å². The maximum atomic E-state index is 3.73. The average Bonchev–Trinajstić information content (AvgIpc) is 3.34. The summed E-state index contributed by atoms with van der Waals surface area (Å²) >= 11 is 0. The lowest BCUT2D eigenvalue weighted by Crippen LogP contribution is -2.25. The number of hydrogen-bond donors (Lipinski definition) is 2. The zero-order valence-corrected chi connectivity index (χ0v) is 11.6. The number of benzene rings is 1. The van der Waals surface area contributed by atoms with E-state index < -0.39 is 0 Å². The standard InChI is InChI=1S/C17H24N2/c1-2-14-8-9-19-17(14)15(3-1)10-18-11-16(12-4-5-12)13-6-7-13/h1-3,12-13,16,18-19H,4-11H2. The van der Waals surface area contributed by atoms with Gasteiger partial charge < -0.3 is 10.6 Å². The second kappa shape index (κ2) is 4.82. The second-order valence-corrected chi connectivity index (χ2v) is 6.60. The molecule has 4 rings (SSSR count). The Labute approximate surface area is 116 Å². The van der Waals surface area contributed by atoms with Gasteiger partial charge in [-0.25, -0.2) is 0 Å². The van der Waals surface area contributed by atoms with Crippen LogP contribution in [0.5, 0.6) is 0 Å². The lowest BCUT2D eigenvalue weighted by molar-refractivity contribution is 0.378. The third kappa shape index (κ3) is 2.51. The Kier molecular flexibility index (Phi) is 2.99. The number of fused-ring (bicyclic) bond motifs is 1. The average molecular weight is 256 g/mol. The van der Waals surface area contributed by atoms with Gasteiger partial charge in [0.25, 0.3) is 0 Å². The monoisotopic (exact) mass is 256 g/mol. The molecule has 0 radical (unpaired) electrons. The van der Waals surface area contributed by atoms with Crippen LogP contribution >= 0.6 is 0 Å². The number of rotatable bonds is 6. The molecule has 1 aliphatic heterocycles. The van der Waals surface area contributed by atoms with Gasteiger partial charge in [0.1, 0.15) is 0 Å². The highest BCUT2D eigenvalue weighted by Crippen LogP contribution is 2.48. The van der Waals surface area contributed by atoms with E-state index >= 15 is 0 Å². The largest absolute Gasteiger partial charge is 0.384 e. The Morgan fingerprint density at radius 1 is 1.16 bits per heavy atom. The Morgan fingerprint density at radius 2 is 1.95 bits per heavy atom. The van der Waals surface area contributed by atoms with Crippen molar-refractivity contribution in [2.75, 3.05) is 18.4 Å². The first-order valence-electron chi connectivity index (χ1n) is 7.97. The smallest absolute Gasteiger partial charge is 0.0419 e. The minimum Gasteiger partial charge on any atom is -0.384 e. The molecular formula is C17H24N2. The molecule has 0 atom stereocenters. The van der Waals surface area contributed by atoms with E-state index in [0.717, 1.165) is 30.8 Å². The molecule has 1 aromatic rings. The van der Waals surface area contributed by atoms with E-state index in [2.05, 4.69) is 28.8 Å². The molecule has 0 saturated heterocycles. The number of hydrogen-bond acceptors (Lipinski definition) is 2. The zero-order chi connectivity index (χ0) is 12.7. The summed E-state index contributed by atoms with van der Waals surface area (Å²) in [6.45, 7) is 3.38. The molecular weight excluding hydrogens is 232 g/mol. The summed E-state index contributed by atoms with van der Waals surface area (Å²) in [4.78, 5) is 0. The molecule has 2 heteroatoms. The van der Waals surface area contributed by atoms with E-state index in [0.29, 0.717) is 0 Å².